The summed E-state index contributed by atoms with van der Waals surface area (Å²) >= 11 is 5.94. The van der Waals surface area contributed by atoms with E-state index < -0.39 is 0 Å². The number of anilines is 1. The summed E-state index contributed by atoms with van der Waals surface area (Å²) in [5.74, 6) is 1.29. The van der Waals surface area contributed by atoms with Crippen LogP contribution in [0.2, 0.25) is 5.02 Å². The molecule has 19 heavy (non-hydrogen) atoms. The lowest BCUT2D eigenvalue weighted by molar-refractivity contribution is 0.503. The van der Waals surface area contributed by atoms with Crippen LogP contribution in [0.25, 0.3) is 0 Å². The van der Waals surface area contributed by atoms with Crippen LogP contribution in [-0.4, -0.2) is 28.0 Å². The van der Waals surface area contributed by atoms with Crippen molar-refractivity contribution in [3.8, 4) is 0 Å². The molecule has 3 rings (SSSR count). The first-order valence-electron chi connectivity index (χ1n) is 6.45. The Morgan fingerprint density at radius 3 is 2.58 bits per heavy atom. The predicted octanol–water partition coefficient (Wildman–Crippen LogP) is 2.91. The Hall–Kier alpha value is -1.68. The highest BCUT2D eigenvalue weighted by molar-refractivity contribution is 6.30. The van der Waals surface area contributed by atoms with Crippen LogP contribution in [0.15, 0.2) is 36.9 Å². The first-order valence-corrected chi connectivity index (χ1v) is 6.83. The van der Waals surface area contributed by atoms with Crippen LogP contribution in [0.3, 0.4) is 0 Å². The number of halogens is 1. The van der Waals surface area contributed by atoms with Gasteiger partial charge in [-0.3, -0.25) is 0 Å². The maximum absolute atomic E-state index is 5.94. The standard InChI is InChI=1S/C14H15ClN4/c15-13-5-3-11(4-6-13)12-2-1-7-19(8-12)14-17-9-16-10-18-14/h3-6,9-10,12H,1-2,7-8H2. The highest BCUT2D eigenvalue weighted by Crippen LogP contribution is 2.29. The van der Waals surface area contributed by atoms with E-state index in [1.165, 1.54) is 12.0 Å². The third kappa shape index (κ3) is 2.84. The molecule has 1 unspecified atom stereocenters. The predicted molar refractivity (Wildman–Crippen MR) is 75.5 cm³/mol. The lowest BCUT2D eigenvalue weighted by atomic mass is 9.91. The van der Waals surface area contributed by atoms with Gasteiger partial charge in [0.05, 0.1) is 0 Å². The van der Waals surface area contributed by atoms with Crippen molar-refractivity contribution in [2.45, 2.75) is 18.8 Å². The molecule has 1 aromatic heterocycles. The monoisotopic (exact) mass is 274 g/mol. The molecule has 0 saturated carbocycles. The number of benzene rings is 1. The molecule has 1 fully saturated rings. The largest absolute Gasteiger partial charge is 0.340 e. The maximum atomic E-state index is 5.94. The molecule has 98 valence electrons. The molecule has 0 spiro atoms. The van der Waals surface area contributed by atoms with Gasteiger partial charge in [-0.15, -0.1) is 0 Å². The Labute approximate surface area is 117 Å². The number of piperidine rings is 1. The molecule has 1 saturated heterocycles. The van der Waals surface area contributed by atoms with Gasteiger partial charge in [0.2, 0.25) is 5.95 Å². The quantitative estimate of drug-likeness (QED) is 0.844. The van der Waals surface area contributed by atoms with Crippen LogP contribution >= 0.6 is 11.6 Å². The van der Waals surface area contributed by atoms with Gasteiger partial charge in [0.1, 0.15) is 12.7 Å². The van der Waals surface area contributed by atoms with Gasteiger partial charge in [0.15, 0.2) is 0 Å². The zero-order chi connectivity index (χ0) is 13.1. The minimum Gasteiger partial charge on any atom is -0.340 e. The Morgan fingerprint density at radius 1 is 1.11 bits per heavy atom. The second-order valence-corrected chi connectivity index (χ2v) is 5.21. The molecular weight excluding hydrogens is 260 g/mol. The average Bonchev–Trinajstić information content (AvgIpc) is 2.49. The Bertz CT molecular complexity index is 529. The van der Waals surface area contributed by atoms with E-state index >= 15 is 0 Å². The highest BCUT2D eigenvalue weighted by atomic mass is 35.5. The second kappa shape index (κ2) is 5.53. The maximum Gasteiger partial charge on any atom is 0.228 e. The molecule has 2 aromatic rings. The van der Waals surface area contributed by atoms with E-state index in [0.29, 0.717) is 5.92 Å². The highest BCUT2D eigenvalue weighted by Gasteiger charge is 2.22. The zero-order valence-electron chi connectivity index (χ0n) is 10.5. The van der Waals surface area contributed by atoms with E-state index in [-0.39, 0.29) is 0 Å². The first kappa shape index (κ1) is 12.4. The topological polar surface area (TPSA) is 41.9 Å². The molecule has 0 aliphatic carbocycles. The molecule has 1 aliphatic heterocycles. The smallest absolute Gasteiger partial charge is 0.228 e. The fourth-order valence-corrected chi connectivity index (χ4v) is 2.69. The van der Waals surface area contributed by atoms with Crippen molar-refractivity contribution < 1.29 is 0 Å². The third-order valence-electron chi connectivity index (χ3n) is 3.53. The normalized spacial score (nSPS) is 19.4. The van der Waals surface area contributed by atoms with Gasteiger partial charge in [-0.05, 0) is 30.5 Å². The Kier molecular flexibility index (Phi) is 3.60. The minimum absolute atomic E-state index is 0.516. The van der Waals surface area contributed by atoms with Crippen molar-refractivity contribution in [1.82, 2.24) is 15.0 Å². The fraction of sp³-hybridized carbons (Fsp3) is 0.357. The SMILES string of the molecule is Clc1ccc(C2CCCN(c3ncncn3)C2)cc1. The molecule has 0 amide bonds. The summed E-state index contributed by atoms with van der Waals surface area (Å²) in [6.07, 6.45) is 5.45. The second-order valence-electron chi connectivity index (χ2n) is 4.77. The third-order valence-corrected chi connectivity index (χ3v) is 3.78. The van der Waals surface area contributed by atoms with Gasteiger partial charge >= 0.3 is 0 Å². The van der Waals surface area contributed by atoms with Gasteiger partial charge < -0.3 is 4.90 Å². The van der Waals surface area contributed by atoms with E-state index in [4.69, 9.17) is 11.6 Å². The summed E-state index contributed by atoms with van der Waals surface area (Å²) in [5.41, 5.74) is 1.34. The van der Waals surface area contributed by atoms with Crippen LogP contribution in [-0.2, 0) is 0 Å². The summed E-state index contributed by atoms with van der Waals surface area (Å²) in [7, 11) is 0. The van der Waals surface area contributed by atoms with Crippen molar-refractivity contribution in [3.05, 3.63) is 47.5 Å². The molecule has 1 aromatic carbocycles. The molecule has 1 atom stereocenters. The molecule has 2 heterocycles. The lowest BCUT2D eigenvalue weighted by Gasteiger charge is -2.32. The first-order chi connectivity index (χ1) is 9.33. The van der Waals surface area contributed by atoms with Crippen molar-refractivity contribution in [3.63, 3.8) is 0 Å². The number of nitrogens with zero attached hydrogens (tertiary/aromatic N) is 4. The van der Waals surface area contributed by atoms with E-state index in [0.717, 1.165) is 30.5 Å². The average molecular weight is 275 g/mol. The molecule has 4 nitrogen and oxygen atoms in total. The number of hydrogen-bond acceptors (Lipinski definition) is 4. The summed E-state index contributed by atoms with van der Waals surface area (Å²) in [5, 5.41) is 0.786. The molecule has 5 heteroatoms. The molecule has 0 radical (unpaired) electrons. The molecule has 0 bridgehead atoms. The summed E-state index contributed by atoms with van der Waals surface area (Å²) in [6.45, 7) is 1.96. The van der Waals surface area contributed by atoms with Gasteiger partial charge in [-0.1, -0.05) is 23.7 Å². The van der Waals surface area contributed by atoms with Crippen LogP contribution in [0.4, 0.5) is 5.95 Å². The van der Waals surface area contributed by atoms with Crippen LogP contribution in [0.5, 0.6) is 0 Å². The lowest BCUT2D eigenvalue weighted by Crippen LogP contribution is -2.35. The number of rotatable bonds is 2. The minimum atomic E-state index is 0.516. The van der Waals surface area contributed by atoms with Crippen LogP contribution in [0.1, 0.15) is 24.3 Å². The Balaban J connectivity index is 1.76. The van der Waals surface area contributed by atoms with E-state index in [1.807, 2.05) is 12.1 Å². The van der Waals surface area contributed by atoms with Gasteiger partial charge in [-0.2, -0.15) is 0 Å². The van der Waals surface area contributed by atoms with E-state index in [2.05, 4.69) is 32.0 Å². The van der Waals surface area contributed by atoms with Crippen molar-refractivity contribution >= 4 is 17.5 Å². The number of hydrogen-bond donors (Lipinski definition) is 0. The molecule has 1 aliphatic rings. The fourth-order valence-electron chi connectivity index (χ4n) is 2.56. The molecular formula is C14H15ClN4. The van der Waals surface area contributed by atoms with Gasteiger partial charge in [-0.25, -0.2) is 15.0 Å². The Morgan fingerprint density at radius 2 is 1.84 bits per heavy atom. The molecule has 0 N–H and O–H groups in total. The van der Waals surface area contributed by atoms with Gasteiger partial charge in [0.25, 0.3) is 0 Å². The summed E-state index contributed by atoms with van der Waals surface area (Å²) in [4.78, 5) is 14.5. The number of aromatic nitrogens is 3. The van der Waals surface area contributed by atoms with Crippen molar-refractivity contribution in [2.75, 3.05) is 18.0 Å². The summed E-state index contributed by atoms with van der Waals surface area (Å²) in [6, 6.07) is 8.14. The summed E-state index contributed by atoms with van der Waals surface area (Å²) < 4.78 is 0. The van der Waals surface area contributed by atoms with Crippen LogP contribution < -0.4 is 4.90 Å². The van der Waals surface area contributed by atoms with E-state index in [9.17, 15) is 0 Å². The van der Waals surface area contributed by atoms with Crippen molar-refractivity contribution in [2.24, 2.45) is 0 Å². The van der Waals surface area contributed by atoms with E-state index in [1.54, 1.807) is 12.7 Å². The van der Waals surface area contributed by atoms with Crippen LogP contribution in [0, 0.1) is 0 Å². The van der Waals surface area contributed by atoms with Gasteiger partial charge in [0, 0.05) is 24.0 Å². The van der Waals surface area contributed by atoms with Crippen molar-refractivity contribution in [1.29, 1.82) is 0 Å². The zero-order valence-corrected chi connectivity index (χ0v) is 11.3.